The van der Waals surface area contributed by atoms with Crippen molar-refractivity contribution in [1.29, 1.82) is 0 Å². The zero-order chi connectivity index (χ0) is 16.2. The Bertz CT molecular complexity index is 906. The standard InChI is InChI=1S/C18H13BrN2O2/c19-16-8-4-3-7-15(16)18(23)21-20-11-13-10-9-12-5-1-2-6-14(12)17(13)22/h1-11,22H,(H,21,23). The van der Waals surface area contributed by atoms with E-state index in [2.05, 4.69) is 26.5 Å². The molecule has 114 valence electrons. The number of carbonyl (C=O) groups excluding carboxylic acids is 1. The average Bonchev–Trinajstić information content (AvgIpc) is 2.57. The minimum absolute atomic E-state index is 0.141. The van der Waals surface area contributed by atoms with Gasteiger partial charge in [0.25, 0.3) is 5.91 Å². The van der Waals surface area contributed by atoms with E-state index in [0.717, 1.165) is 10.8 Å². The lowest BCUT2D eigenvalue weighted by Crippen LogP contribution is -2.18. The highest BCUT2D eigenvalue weighted by Gasteiger charge is 2.08. The molecule has 5 heteroatoms. The van der Waals surface area contributed by atoms with E-state index in [-0.39, 0.29) is 11.7 Å². The summed E-state index contributed by atoms with van der Waals surface area (Å²) in [4.78, 5) is 12.0. The Hall–Kier alpha value is -2.66. The van der Waals surface area contributed by atoms with Crippen LogP contribution in [0.2, 0.25) is 0 Å². The number of halogens is 1. The number of nitrogens with zero attached hydrogens (tertiary/aromatic N) is 1. The third-order valence-corrected chi connectivity index (χ3v) is 4.11. The molecule has 0 spiro atoms. The summed E-state index contributed by atoms with van der Waals surface area (Å²) in [5.41, 5.74) is 3.48. The predicted octanol–water partition coefficient (Wildman–Crippen LogP) is 4.07. The maximum absolute atomic E-state index is 12.0. The first kappa shape index (κ1) is 15.2. The molecule has 0 saturated carbocycles. The first-order valence-electron chi connectivity index (χ1n) is 6.95. The SMILES string of the molecule is O=C(NN=Cc1ccc2ccccc2c1O)c1ccccc1Br. The smallest absolute Gasteiger partial charge is 0.272 e. The van der Waals surface area contributed by atoms with Crippen molar-refractivity contribution in [3.05, 3.63) is 76.3 Å². The molecule has 0 aromatic heterocycles. The van der Waals surface area contributed by atoms with Crippen molar-refractivity contribution in [1.82, 2.24) is 5.43 Å². The second kappa shape index (κ2) is 6.62. The van der Waals surface area contributed by atoms with E-state index in [4.69, 9.17) is 0 Å². The zero-order valence-electron chi connectivity index (χ0n) is 12.0. The molecule has 0 atom stereocenters. The molecule has 0 aliphatic heterocycles. The van der Waals surface area contributed by atoms with Gasteiger partial charge < -0.3 is 5.11 Å². The van der Waals surface area contributed by atoms with Crippen molar-refractivity contribution < 1.29 is 9.90 Å². The maximum atomic E-state index is 12.0. The lowest BCUT2D eigenvalue weighted by Gasteiger charge is -2.05. The van der Waals surface area contributed by atoms with Crippen LogP contribution in [0.1, 0.15) is 15.9 Å². The number of fused-ring (bicyclic) bond motifs is 1. The zero-order valence-corrected chi connectivity index (χ0v) is 13.6. The number of phenolic OH excluding ortho intramolecular Hbond substituents is 1. The number of hydrogen-bond donors (Lipinski definition) is 2. The molecule has 2 N–H and O–H groups in total. The third-order valence-electron chi connectivity index (χ3n) is 3.42. The molecule has 0 bridgehead atoms. The van der Waals surface area contributed by atoms with Gasteiger partial charge in [0.1, 0.15) is 5.75 Å². The number of aromatic hydroxyl groups is 1. The molecule has 23 heavy (non-hydrogen) atoms. The van der Waals surface area contributed by atoms with Crippen LogP contribution in [0.3, 0.4) is 0 Å². The Morgan fingerprint density at radius 1 is 1.04 bits per heavy atom. The molecule has 0 aliphatic carbocycles. The molecule has 1 amide bonds. The minimum atomic E-state index is -0.325. The van der Waals surface area contributed by atoms with Gasteiger partial charge in [0.05, 0.1) is 11.8 Å². The lowest BCUT2D eigenvalue weighted by molar-refractivity contribution is 0.0954. The van der Waals surface area contributed by atoms with Gasteiger partial charge in [-0.1, -0.05) is 42.5 Å². The molecule has 4 nitrogen and oxygen atoms in total. The Balaban J connectivity index is 1.80. The van der Waals surface area contributed by atoms with Gasteiger partial charge in [-0.2, -0.15) is 5.10 Å². The van der Waals surface area contributed by atoms with E-state index in [0.29, 0.717) is 15.6 Å². The summed E-state index contributed by atoms with van der Waals surface area (Å²) in [7, 11) is 0. The molecular formula is C18H13BrN2O2. The molecule has 0 radical (unpaired) electrons. The highest BCUT2D eigenvalue weighted by molar-refractivity contribution is 9.10. The molecule has 0 fully saturated rings. The fourth-order valence-electron chi connectivity index (χ4n) is 2.24. The van der Waals surface area contributed by atoms with Crippen molar-refractivity contribution in [3.63, 3.8) is 0 Å². The highest BCUT2D eigenvalue weighted by Crippen LogP contribution is 2.27. The van der Waals surface area contributed by atoms with Crippen molar-refractivity contribution >= 4 is 38.8 Å². The van der Waals surface area contributed by atoms with E-state index in [1.54, 1.807) is 24.3 Å². The van der Waals surface area contributed by atoms with Gasteiger partial charge in [-0.25, -0.2) is 5.43 Å². The fourth-order valence-corrected chi connectivity index (χ4v) is 2.71. The Morgan fingerprint density at radius 3 is 2.61 bits per heavy atom. The van der Waals surface area contributed by atoms with Crippen LogP contribution in [-0.4, -0.2) is 17.2 Å². The first-order valence-corrected chi connectivity index (χ1v) is 7.75. The van der Waals surface area contributed by atoms with Crippen molar-refractivity contribution in [2.75, 3.05) is 0 Å². The van der Waals surface area contributed by atoms with Crippen LogP contribution >= 0.6 is 15.9 Å². The van der Waals surface area contributed by atoms with Gasteiger partial charge in [-0.15, -0.1) is 0 Å². The summed E-state index contributed by atoms with van der Waals surface area (Å²) in [5.74, 6) is -0.184. The summed E-state index contributed by atoms with van der Waals surface area (Å²) in [5, 5.41) is 15.9. The van der Waals surface area contributed by atoms with Crippen molar-refractivity contribution in [2.45, 2.75) is 0 Å². The third kappa shape index (κ3) is 3.24. The van der Waals surface area contributed by atoms with Gasteiger partial charge in [0, 0.05) is 15.4 Å². The topological polar surface area (TPSA) is 61.7 Å². The molecule has 3 aromatic rings. The summed E-state index contributed by atoms with van der Waals surface area (Å²) >= 11 is 3.32. The van der Waals surface area contributed by atoms with Gasteiger partial charge in [-0.05, 0) is 39.5 Å². The normalized spacial score (nSPS) is 11.0. The molecule has 3 rings (SSSR count). The average molecular weight is 369 g/mol. The van der Waals surface area contributed by atoms with Crippen LogP contribution in [0.25, 0.3) is 10.8 Å². The quantitative estimate of drug-likeness (QED) is 0.540. The monoisotopic (exact) mass is 368 g/mol. The number of hydrogen-bond acceptors (Lipinski definition) is 3. The molecule has 0 aliphatic rings. The number of amides is 1. The number of benzene rings is 3. The summed E-state index contributed by atoms with van der Waals surface area (Å²) in [6.07, 6.45) is 1.43. The van der Waals surface area contributed by atoms with Crippen LogP contribution in [-0.2, 0) is 0 Å². The summed E-state index contributed by atoms with van der Waals surface area (Å²) < 4.78 is 0.696. The van der Waals surface area contributed by atoms with E-state index in [1.807, 2.05) is 36.4 Å². The molecule has 0 saturated heterocycles. The van der Waals surface area contributed by atoms with E-state index in [9.17, 15) is 9.90 Å². The lowest BCUT2D eigenvalue weighted by atomic mass is 10.1. The number of nitrogens with one attached hydrogen (secondary N) is 1. The molecule has 0 heterocycles. The largest absolute Gasteiger partial charge is 0.507 e. The second-order valence-electron chi connectivity index (χ2n) is 4.90. The number of carbonyl (C=O) groups is 1. The predicted molar refractivity (Wildman–Crippen MR) is 94.8 cm³/mol. The highest BCUT2D eigenvalue weighted by atomic mass is 79.9. The van der Waals surface area contributed by atoms with Crippen LogP contribution in [0.4, 0.5) is 0 Å². The van der Waals surface area contributed by atoms with Crippen molar-refractivity contribution in [2.24, 2.45) is 5.10 Å². The van der Waals surface area contributed by atoms with Crippen LogP contribution < -0.4 is 5.43 Å². The van der Waals surface area contributed by atoms with Crippen molar-refractivity contribution in [3.8, 4) is 5.75 Å². The van der Waals surface area contributed by atoms with Gasteiger partial charge >= 0.3 is 0 Å². The summed E-state index contributed by atoms with van der Waals surface area (Å²) in [6.45, 7) is 0. The van der Waals surface area contributed by atoms with Crippen LogP contribution in [0.5, 0.6) is 5.75 Å². The molecule has 0 unspecified atom stereocenters. The Morgan fingerprint density at radius 2 is 1.78 bits per heavy atom. The molecule has 3 aromatic carbocycles. The first-order chi connectivity index (χ1) is 11.2. The van der Waals surface area contributed by atoms with E-state index in [1.165, 1.54) is 6.21 Å². The Kier molecular flexibility index (Phi) is 4.39. The van der Waals surface area contributed by atoms with Gasteiger partial charge in [-0.3, -0.25) is 4.79 Å². The van der Waals surface area contributed by atoms with Crippen LogP contribution in [0, 0.1) is 0 Å². The van der Waals surface area contributed by atoms with Gasteiger partial charge in [0.15, 0.2) is 0 Å². The van der Waals surface area contributed by atoms with E-state index < -0.39 is 0 Å². The summed E-state index contributed by atoms with van der Waals surface area (Å²) in [6, 6.07) is 18.3. The maximum Gasteiger partial charge on any atom is 0.272 e. The second-order valence-corrected chi connectivity index (χ2v) is 5.76. The number of phenols is 1. The number of hydrazone groups is 1. The van der Waals surface area contributed by atoms with Crippen LogP contribution in [0.15, 0.2) is 70.2 Å². The fraction of sp³-hybridized carbons (Fsp3) is 0. The van der Waals surface area contributed by atoms with Gasteiger partial charge in [0.2, 0.25) is 0 Å². The molecular weight excluding hydrogens is 356 g/mol. The number of rotatable bonds is 3. The Labute approximate surface area is 141 Å². The van der Waals surface area contributed by atoms with E-state index >= 15 is 0 Å². The minimum Gasteiger partial charge on any atom is -0.507 e.